The number of hydrogen-bond donors (Lipinski definition) is 1. The number of nitrogens with one attached hydrogen (secondary N) is 1. The van der Waals surface area contributed by atoms with Gasteiger partial charge in [-0.1, -0.05) is 29.8 Å². The van der Waals surface area contributed by atoms with Crippen molar-refractivity contribution in [2.75, 3.05) is 20.1 Å². The van der Waals surface area contributed by atoms with Gasteiger partial charge in [-0.15, -0.1) is 0 Å². The van der Waals surface area contributed by atoms with Gasteiger partial charge in [0.1, 0.15) is 10.7 Å². The Kier molecular flexibility index (Phi) is 6.57. The summed E-state index contributed by atoms with van der Waals surface area (Å²) < 4.78 is 41.3. The van der Waals surface area contributed by atoms with Crippen LogP contribution in [0, 0.1) is 5.82 Å². The number of hydrogen-bond acceptors (Lipinski definition) is 3. The van der Waals surface area contributed by atoms with Gasteiger partial charge in [-0.3, -0.25) is 0 Å². The standard InChI is InChI=1S/C13H20BrFN2O2S/c1-4-6-17(5-2)20(18,19)12-8-11(14)7-10(9-16-3)13(12)15/h7-8,16H,4-6,9H2,1-3H3. The predicted octanol–water partition coefficient (Wildman–Crippen LogP) is 2.73. The van der Waals surface area contributed by atoms with Crippen LogP contribution in [-0.2, 0) is 16.6 Å². The molecule has 1 aromatic carbocycles. The van der Waals surface area contributed by atoms with Gasteiger partial charge in [0.2, 0.25) is 10.0 Å². The Morgan fingerprint density at radius 3 is 2.50 bits per heavy atom. The van der Waals surface area contributed by atoms with Crippen LogP contribution < -0.4 is 5.32 Å². The predicted molar refractivity (Wildman–Crippen MR) is 81.6 cm³/mol. The smallest absolute Gasteiger partial charge is 0.246 e. The second-order valence-corrected chi connectivity index (χ2v) is 7.23. The van der Waals surface area contributed by atoms with E-state index in [2.05, 4.69) is 21.2 Å². The van der Waals surface area contributed by atoms with Crippen molar-refractivity contribution in [1.82, 2.24) is 9.62 Å². The molecule has 4 nitrogen and oxygen atoms in total. The Balaban J connectivity index is 3.37. The summed E-state index contributed by atoms with van der Waals surface area (Å²) >= 11 is 3.24. The third-order valence-electron chi connectivity index (χ3n) is 2.89. The fourth-order valence-electron chi connectivity index (χ4n) is 1.96. The molecule has 1 N–H and O–H groups in total. The van der Waals surface area contributed by atoms with E-state index in [0.29, 0.717) is 29.5 Å². The van der Waals surface area contributed by atoms with Gasteiger partial charge in [0.05, 0.1) is 0 Å². The van der Waals surface area contributed by atoms with Crippen LogP contribution in [0.2, 0.25) is 0 Å². The summed E-state index contributed by atoms with van der Waals surface area (Å²) in [5.74, 6) is -0.683. The molecular formula is C13H20BrFN2O2S. The zero-order valence-corrected chi connectivity index (χ0v) is 14.3. The Morgan fingerprint density at radius 2 is 2.00 bits per heavy atom. The van der Waals surface area contributed by atoms with E-state index in [0.717, 1.165) is 0 Å². The van der Waals surface area contributed by atoms with Crippen LogP contribution >= 0.6 is 15.9 Å². The summed E-state index contributed by atoms with van der Waals surface area (Å²) in [5, 5.41) is 2.83. The summed E-state index contributed by atoms with van der Waals surface area (Å²) in [6, 6.07) is 2.91. The van der Waals surface area contributed by atoms with E-state index < -0.39 is 15.8 Å². The highest BCUT2D eigenvalue weighted by Crippen LogP contribution is 2.26. The molecule has 0 spiro atoms. The lowest BCUT2D eigenvalue weighted by atomic mass is 10.2. The van der Waals surface area contributed by atoms with Gasteiger partial charge in [-0.2, -0.15) is 4.31 Å². The monoisotopic (exact) mass is 366 g/mol. The SMILES string of the molecule is CCCN(CC)S(=O)(=O)c1cc(Br)cc(CNC)c1F. The summed E-state index contributed by atoms with van der Waals surface area (Å²) in [5.41, 5.74) is 0.327. The highest BCUT2D eigenvalue weighted by molar-refractivity contribution is 9.10. The van der Waals surface area contributed by atoms with Crippen molar-refractivity contribution >= 4 is 26.0 Å². The Labute approximate surface area is 128 Å². The van der Waals surface area contributed by atoms with Crippen LogP contribution in [0.5, 0.6) is 0 Å². The minimum absolute atomic E-state index is 0.271. The molecule has 1 rings (SSSR count). The maximum Gasteiger partial charge on any atom is 0.246 e. The molecule has 0 radical (unpaired) electrons. The molecule has 1 aromatic rings. The summed E-state index contributed by atoms with van der Waals surface area (Å²) in [4.78, 5) is -0.271. The van der Waals surface area contributed by atoms with Crippen molar-refractivity contribution in [3.63, 3.8) is 0 Å². The molecule has 0 aliphatic heterocycles. The molecule has 0 heterocycles. The topological polar surface area (TPSA) is 49.4 Å². The molecule has 0 unspecified atom stereocenters. The molecule has 0 bridgehead atoms. The van der Waals surface area contributed by atoms with Crippen molar-refractivity contribution in [3.8, 4) is 0 Å². The Morgan fingerprint density at radius 1 is 1.35 bits per heavy atom. The van der Waals surface area contributed by atoms with Crippen LogP contribution in [0.1, 0.15) is 25.8 Å². The molecule has 0 amide bonds. The second-order valence-electron chi connectivity index (χ2n) is 4.40. The zero-order valence-electron chi connectivity index (χ0n) is 11.9. The van der Waals surface area contributed by atoms with Gasteiger partial charge in [0, 0.05) is 29.7 Å². The maximum absolute atomic E-state index is 14.4. The Hall–Kier alpha value is -0.500. The van der Waals surface area contributed by atoms with E-state index in [9.17, 15) is 12.8 Å². The number of sulfonamides is 1. The molecule has 0 saturated heterocycles. The van der Waals surface area contributed by atoms with E-state index in [1.807, 2.05) is 6.92 Å². The van der Waals surface area contributed by atoms with Crippen LogP contribution in [-0.4, -0.2) is 32.9 Å². The molecule has 20 heavy (non-hydrogen) atoms. The molecule has 0 atom stereocenters. The van der Waals surface area contributed by atoms with Gasteiger partial charge < -0.3 is 5.32 Å². The van der Waals surface area contributed by atoms with Gasteiger partial charge in [0.15, 0.2) is 0 Å². The summed E-state index contributed by atoms with van der Waals surface area (Å²) in [6.45, 7) is 4.61. The van der Waals surface area contributed by atoms with Gasteiger partial charge in [-0.25, -0.2) is 12.8 Å². The zero-order chi connectivity index (χ0) is 15.3. The first-order valence-electron chi connectivity index (χ1n) is 6.51. The molecular weight excluding hydrogens is 347 g/mol. The average molecular weight is 367 g/mol. The number of benzene rings is 1. The van der Waals surface area contributed by atoms with Crippen molar-refractivity contribution < 1.29 is 12.8 Å². The number of halogens is 2. The largest absolute Gasteiger partial charge is 0.316 e. The van der Waals surface area contributed by atoms with Crippen molar-refractivity contribution in [1.29, 1.82) is 0 Å². The Bertz CT molecular complexity index is 564. The lowest BCUT2D eigenvalue weighted by Gasteiger charge is -2.21. The van der Waals surface area contributed by atoms with Gasteiger partial charge in [0.25, 0.3) is 0 Å². The van der Waals surface area contributed by atoms with Crippen LogP contribution in [0.25, 0.3) is 0 Å². The summed E-state index contributed by atoms with van der Waals surface area (Å²) in [7, 11) is -2.12. The fraction of sp³-hybridized carbons (Fsp3) is 0.538. The lowest BCUT2D eigenvalue weighted by molar-refractivity contribution is 0.422. The first kappa shape index (κ1) is 17.6. The first-order chi connectivity index (χ1) is 9.38. The normalized spacial score (nSPS) is 12.1. The third kappa shape index (κ3) is 3.78. The van der Waals surface area contributed by atoms with Crippen molar-refractivity contribution in [2.24, 2.45) is 0 Å². The third-order valence-corrected chi connectivity index (χ3v) is 5.32. The minimum Gasteiger partial charge on any atom is -0.316 e. The van der Waals surface area contributed by atoms with E-state index in [4.69, 9.17) is 0 Å². The molecule has 114 valence electrons. The number of rotatable bonds is 7. The van der Waals surface area contributed by atoms with E-state index >= 15 is 0 Å². The molecule has 0 fully saturated rings. The lowest BCUT2D eigenvalue weighted by Crippen LogP contribution is -2.32. The van der Waals surface area contributed by atoms with Crippen molar-refractivity contribution in [2.45, 2.75) is 31.7 Å². The number of nitrogens with zero attached hydrogens (tertiary/aromatic N) is 1. The minimum atomic E-state index is -3.81. The van der Waals surface area contributed by atoms with Gasteiger partial charge >= 0.3 is 0 Å². The highest BCUT2D eigenvalue weighted by Gasteiger charge is 2.27. The second kappa shape index (κ2) is 7.49. The van der Waals surface area contributed by atoms with E-state index in [1.54, 1.807) is 20.0 Å². The molecule has 0 aliphatic carbocycles. The van der Waals surface area contributed by atoms with Crippen LogP contribution in [0.4, 0.5) is 4.39 Å². The van der Waals surface area contributed by atoms with Crippen LogP contribution in [0.15, 0.2) is 21.5 Å². The summed E-state index contributed by atoms with van der Waals surface area (Å²) in [6.07, 6.45) is 0.687. The first-order valence-corrected chi connectivity index (χ1v) is 8.74. The quantitative estimate of drug-likeness (QED) is 0.806. The molecule has 7 heteroatoms. The van der Waals surface area contributed by atoms with Gasteiger partial charge in [-0.05, 0) is 25.6 Å². The molecule has 0 saturated carbocycles. The van der Waals surface area contributed by atoms with Crippen LogP contribution in [0.3, 0.4) is 0 Å². The maximum atomic E-state index is 14.4. The fourth-order valence-corrected chi connectivity index (χ4v) is 4.29. The van der Waals surface area contributed by atoms with E-state index in [1.165, 1.54) is 10.4 Å². The molecule has 0 aromatic heterocycles. The van der Waals surface area contributed by atoms with Crippen molar-refractivity contribution in [3.05, 3.63) is 28.0 Å². The van der Waals surface area contributed by atoms with E-state index in [-0.39, 0.29) is 11.4 Å². The highest BCUT2D eigenvalue weighted by atomic mass is 79.9. The molecule has 0 aliphatic rings. The average Bonchev–Trinajstić information content (AvgIpc) is 2.39.